The van der Waals surface area contributed by atoms with Crippen molar-refractivity contribution in [3.63, 3.8) is 0 Å². The second-order valence-corrected chi connectivity index (χ2v) is 9.87. The number of benzene rings is 2. The first-order valence-electron chi connectivity index (χ1n) is 11.5. The summed E-state index contributed by atoms with van der Waals surface area (Å²) in [5.74, 6) is 0.241. The number of anilines is 1. The van der Waals surface area contributed by atoms with Gasteiger partial charge in [-0.3, -0.25) is 4.79 Å². The number of rotatable bonds is 4. The Morgan fingerprint density at radius 2 is 2.03 bits per heavy atom. The summed E-state index contributed by atoms with van der Waals surface area (Å²) >= 11 is 12.5. The van der Waals surface area contributed by atoms with E-state index < -0.39 is 0 Å². The molecule has 2 aliphatic rings. The van der Waals surface area contributed by atoms with Crippen LogP contribution in [-0.2, 0) is 4.79 Å². The summed E-state index contributed by atoms with van der Waals surface area (Å²) in [5, 5.41) is 13.3. The highest BCUT2D eigenvalue weighted by Gasteiger charge is 2.32. The van der Waals surface area contributed by atoms with Gasteiger partial charge in [0.25, 0.3) is 0 Å². The van der Waals surface area contributed by atoms with Crippen LogP contribution in [0.4, 0.5) is 5.69 Å². The van der Waals surface area contributed by atoms with Gasteiger partial charge in [0.05, 0.1) is 17.6 Å². The summed E-state index contributed by atoms with van der Waals surface area (Å²) < 4.78 is 1.91. The monoisotopic (exact) mass is 486 g/mol. The lowest BCUT2D eigenvalue weighted by atomic mass is 10.1. The molecule has 0 bridgehead atoms. The van der Waals surface area contributed by atoms with Crippen molar-refractivity contribution in [1.29, 1.82) is 0 Å². The molecule has 2 aliphatic heterocycles. The topological polar surface area (TPSA) is 66.3 Å². The van der Waals surface area contributed by atoms with Crippen LogP contribution in [-0.4, -0.2) is 64.1 Å². The van der Waals surface area contributed by atoms with Crippen LogP contribution in [0.5, 0.6) is 0 Å². The Labute approximate surface area is 203 Å². The zero-order chi connectivity index (χ0) is 23.1. The number of nitrogens with zero attached hydrogens (tertiary/aromatic N) is 5. The number of halogens is 2. The second-order valence-electron chi connectivity index (χ2n) is 9.02. The minimum atomic E-state index is -0.0965. The van der Waals surface area contributed by atoms with E-state index in [1.165, 1.54) is 0 Å². The number of carbonyl (C=O) groups is 1. The van der Waals surface area contributed by atoms with Gasteiger partial charge in [-0.05, 0) is 69.1 Å². The Morgan fingerprint density at radius 1 is 1.18 bits per heavy atom. The number of carbonyl (C=O) groups excluding carboxylic acids is 1. The first-order chi connectivity index (χ1) is 15.9. The fourth-order valence-corrected chi connectivity index (χ4v) is 5.58. The molecule has 7 nitrogen and oxygen atoms in total. The smallest absolute Gasteiger partial charge is 0.239 e. The molecule has 2 aromatic carbocycles. The number of amides is 1. The molecule has 33 heavy (non-hydrogen) atoms. The number of hydrogen-bond acceptors (Lipinski definition) is 5. The maximum Gasteiger partial charge on any atom is 0.239 e. The average molecular weight is 487 g/mol. The lowest BCUT2D eigenvalue weighted by Gasteiger charge is -2.42. The van der Waals surface area contributed by atoms with Gasteiger partial charge in [-0.2, -0.15) is 0 Å². The Balaban J connectivity index is 1.38. The third kappa shape index (κ3) is 4.29. The van der Waals surface area contributed by atoms with E-state index in [-0.39, 0.29) is 24.0 Å². The zero-order valence-corrected chi connectivity index (χ0v) is 20.4. The Bertz CT molecular complexity index is 1170. The highest BCUT2D eigenvalue weighted by molar-refractivity contribution is 6.35. The summed E-state index contributed by atoms with van der Waals surface area (Å²) in [7, 11) is 0. The predicted molar refractivity (Wildman–Crippen MR) is 132 cm³/mol. The molecule has 2 fully saturated rings. The van der Waals surface area contributed by atoms with Crippen LogP contribution in [0.2, 0.25) is 10.0 Å². The van der Waals surface area contributed by atoms with Crippen molar-refractivity contribution in [1.82, 2.24) is 25.2 Å². The van der Waals surface area contributed by atoms with E-state index in [2.05, 4.69) is 46.5 Å². The van der Waals surface area contributed by atoms with E-state index in [0.717, 1.165) is 61.3 Å². The van der Waals surface area contributed by atoms with Crippen LogP contribution in [0, 0.1) is 0 Å². The minimum absolute atomic E-state index is 0.0123. The third-order valence-electron chi connectivity index (χ3n) is 6.86. The second kappa shape index (κ2) is 9.12. The number of fused-ring (bicyclic) bond motifs is 1. The van der Waals surface area contributed by atoms with Gasteiger partial charge in [0.2, 0.25) is 5.91 Å². The van der Waals surface area contributed by atoms with Crippen molar-refractivity contribution in [2.45, 2.75) is 44.8 Å². The van der Waals surface area contributed by atoms with Gasteiger partial charge >= 0.3 is 0 Å². The van der Waals surface area contributed by atoms with Gasteiger partial charge in [0.15, 0.2) is 0 Å². The van der Waals surface area contributed by atoms with Crippen molar-refractivity contribution in [3.8, 4) is 0 Å². The van der Waals surface area contributed by atoms with Crippen LogP contribution in [0.25, 0.3) is 11.0 Å². The van der Waals surface area contributed by atoms with Crippen molar-refractivity contribution >= 4 is 45.8 Å². The Hall–Kier alpha value is -2.35. The minimum Gasteiger partial charge on any atom is -0.365 e. The summed E-state index contributed by atoms with van der Waals surface area (Å²) in [6.07, 6.45) is 2.02. The fraction of sp³-hybridized carbons (Fsp3) is 0.458. The van der Waals surface area contributed by atoms with Crippen LogP contribution in [0.15, 0.2) is 36.4 Å². The SMILES string of the molecule is CC(c1ccc(Cl)cc1Cl)n1nnc2ccc(N3CCN(C(=O)C4CCCN4)C[C@@H]3C)cc21. The molecule has 0 radical (unpaired) electrons. The summed E-state index contributed by atoms with van der Waals surface area (Å²) in [5.41, 5.74) is 3.84. The average Bonchev–Trinajstić information content (AvgIpc) is 3.48. The molecular weight excluding hydrogens is 459 g/mol. The van der Waals surface area contributed by atoms with E-state index in [1.807, 2.05) is 27.8 Å². The highest BCUT2D eigenvalue weighted by atomic mass is 35.5. The molecule has 5 rings (SSSR count). The molecule has 1 N–H and O–H groups in total. The maximum absolute atomic E-state index is 12.8. The van der Waals surface area contributed by atoms with Crippen molar-refractivity contribution < 1.29 is 4.79 Å². The van der Waals surface area contributed by atoms with Gasteiger partial charge in [0.1, 0.15) is 5.52 Å². The molecule has 1 aromatic heterocycles. The molecule has 2 saturated heterocycles. The Morgan fingerprint density at radius 3 is 2.76 bits per heavy atom. The molecule has 3 heterocycles. The molecule has 0 saturated carbocycles. The lowest BCUT2D eigenvalue weighted by Crippen LogP contribution is -2.56. The molecule has 0 aliphatic carbocycles. The molecule has 1 amide bonds. The summed E-state index contributed by atoms with van der Waals surface area (Å²) in [6.45, 7) is 7.42. The lowest BCUT2D eigenvalue weighted by molar-refractivity contribution is -0.133. The molecule has 0 spiro atoms. The van der Waals surface area contributed by atoms with Crippen LogP contribution in [0.3, 0.4) is 0 Å². The molecule has 174 valence electrons. The van der Waals surface area contributed by atoms with E-state index >= 15 is 0 Å². The largest absolute Gasteiger partial charge is 0.365 e. The molecule has 2 unspecified atom stereocenters. The highest BCUT2D eigenvalue weighted by Crippen LogP contribution is 2.31. The first kappa shape index (κ1) is 22.4. The quantitative estimate of drug-likeness (QED) is 0.600. The number of aromatic nitrogens is 3. The standard InChI is InChI=1S/C24H28Cl2N6O/c1-15-14-30(24(33)22-4-3-9-27-22)10-11-31(15)18-6-8-21-23(13-18)32(29-28-21)16(2)19-7-5-17(25)12-20(19)26/h5-8,12-13,15-16,22,27H,3-4,9-11,14H2,1-2H3/t15-,16?,22?/m0/s1. The number of nitrogens with one attached hydrogen (secondary N) is 1. The fourth-order valence-electron chi connectivity index (χ4n) is 5.02. The number of hydrogen-bond donors (Lipinski definition) is 1. The van der Waals surface area contributed by atoms with Gasteiger partial charge in [-0.25, -0.2) is 4.68 Å². The van der Waals surface area contributed by atoms with Gasteiger partial charge in [0, 0.05) is 41.4 Å². The Kier molecular flexibility index (Phi) is 6.20. The summed E-state index contributed by atoms with van der Waals surface area (Å²) in [6, 6.07) is 11.9. The van der Waals surface area contributed by atoms with E-state index in [0.29, 0.717) is 10.0 Å². The number of piperazine rings is 1. The van der Waals surface area contributed by atoms with E-state index in [9.17, 15) is 4.79 Å². The van der Waals surface area contributed by atoms with Gasteiger partial charge in [-0.1, -0.05) is 34.5 Å². The van der Waals surface area contributed by atoms with E-state index in [4.69, 9.17) is 23.2 Å². The van der Waals surface area contributed by atoms with Crippen molar-refractivity contribution in [2.24, 2.45) is 0 Å². The molecule has 3 aromatic rings. The van der Waals surface area contributed by atoms with Crippen molar-refractivity contribution in [3.05, 3.63) is 52.0 Å². The normalized spacial score (nSPS) is 22.2. The molecule has 9 heteroatoms. The third-order valence-corrected chi connectivity index (χ3v) is 7.43. The zero-order valence-electron chi connectivity index (χ0n) is 18.8. The molecular formula is C24H28Cl2N6O. The van der Waals surface area contributed by atoms with Crippen LogP contribution < -0.4 is 10.2 Å². The molecule has 3 atom stereocenters. The van der Waals surface area contributed by atoms with Gasteiger partial charge < -0.3 is 15.1 Å². The van der Waals surface area contributed by atoms with Crippen LogP contribution in [0.1, 0.15) is 38.3 Å². The predicted octanol–water partition coefficient (Wildman–Crippen LogP) is 4.14. The van der Waals surface area contributed by atoms with Gasteiger partial charge in [-0.15, -0.1) is 5.10 Å². The maximum atomic E-state index is 12.8. The first-order valence-corrected chi connectivity index (χ1v) is 12.3. The van der Waals surface area contributed by atoms with E-state index in [1.54, 1.807) is 6.07 Å². The van der Waals surface area contributed by atoms with Crippen molar-refractivity contribution in [2.75, 3.05) is 31.1 Å². The summed E-state index contributed by atoms with van der Waals surface area (Å²) in [4.78, 5) is 17.2. The van der Waals surface area contributed by atoms with Crippen LogP contribution >= 0.6 is 23.2 Å².